The number of halogens is 1. The molecule has 2 N–H and O–H groups in total. The lowest BCUT2D eigenvalue weighted by Gasteiger charge is -2.33. The van der Waals surface area contributed by atoms with Crippen molar-refractivity contribution in [3.63, 3.8) is 0 Å². The number of ether oxygens (including phenoxy) is 3. The number of esters is 2. The van der Waals surface area contributed by atoms with E-state index >= 15 is 0 Å². The number of unbranched alkanes of at least 4 members (excludes halogenated alkanes) is 1. The number of primary amides is 1. The van der Waals surface area contributed by atoms with Crippen LogP contribution >= 0.6 is 11.6 Å². The Morgan fingerprint density at radius 2 is 1.95 bits per heavy atom. The molecule has 1 atom stereocenters. The van der Waals surface area contributed by atoms with Crippen LogP contribution in [0.1, 0.15) is 86.3 Å². The number of carbonyl (C=O) groups is 3. The van der Waals surface area contributed by atoms with Gasteiger partial charge in [0.05, 0.1) is 23.4 Å². The number of benzene rings is 2. The van der Waals surface area contributed by atoms with Crippen LogP contribution in [0.15, 0.2) is 35.9 Å². The van der Waals surface area contributed by atoms with Gasteiger partial charge in [0.2, 0.25) is 0 Å². The molecule has 1 aliphatic rings. The van der Waals surface area contributed by atoms with E-state index in [0.717, 1.165) is 30.4 Å². The average molecular weight is 571 g/mol. The highest BCUT2D eigenvalue weighted by Crippen LogP contribution is 2.44. The predicted octanol–water partition coefficient (Wildman–Crippen LogP) is 7.06. The number of amides is 2. The third-order valence-electron chi connectivity index (χ3n) is 7.29. The summed E-state index contributed by atoms with van der Waals surface area (Å²) in [5.74, 6) is 0.0464. The third-order valence-corrected chi connectivity index (χ3v) is 7.60. The summed E-state index contributed by atoms with van der Waals surface area (Å²) in [4.78, 5) is 40.0. The van der Waals surface area contributed by atoms with Crippen LogP contribution in [0.25, 0.3) is 0 Å². The fourth-order valence-corrected chi connectivity index (χ4v) is 5.28. The number of anilines is 1. The number of hydrogen-bond acceptors (Lipinski definition) is 6. The van der Waals surface area contributed by atoms with Crippen LogP contribution in [0.4, 0.5) is 10.5 Å². The van der Waals surface area contributed by atoms with Gasteiger partial charge >= 0.3 is 18.0 Å². The van der Waals surface area contributed by atoms with Crippen LogP contribution in [0.3, 0.4) is 0 Å². The average Bonchev–Trinajstić information content (AvgIpc) is 3.32. The number of carbonyl (C=O) groups excluding carboxylic acids is 3. The van der Waals surface area contributed by atoms with Crippen molar-refractivity contribution in [3.05, 3.63) is 63.2 Å². The zero-order valence-electron chi connectivity index (χ0n) is 24.0. The Labute approximate surface area is 241 Å². The minimum absolute atomic E-state index is 0.115. The highest BCUT2D eigenvalue weighted by Gasteiger charge is 2.37. The van der Waals surface area contributed by atoms with Gasteiger partial charge < -0.3 is 19.9 Å². The molecule has 0 aliphatic carbocycles. The molecular formula is C31H39ClN2O6. The lowest BCUT2D eigenvalue weighted by Crippen LogP contribution is -2.45. The predicted molar refractivity (Wildman–Crippen MR) is 156 cm³/mol. The number of cyclic esters (lactones) is 1. The standard InChI is InChI=1S/C31H39ClN2O6/c1-6-8-11-21(7-2)34(31(33)37)28-22(29(38-5)20(4)23-18-39-30(36)27(23)28)16-14-19(3)15-17-26(35)40-25-13-10-9-12-24(25)32/h9-10,12-14,21H,6-8,11,15-18H2,1-5H3,(H2,33,37)/b19-14+. The Morgan fingerprint density at radius 3 is 2.58 bits per heavy atom. The van der Waals surface area contributed by atoms with Crippen molar-refractivity contribution < 1.29 is 28.6 Å². The molecule has 0 spiro atoms. The lowest BCUT2D eigenvalue weighted by atomic mass is 9.91. The molecule has 40 heavy (non-hydrogen) atoms. The van der Waals surface area contributed by atoms with Gasteiger partial charge in [-0.1, -0.05) is 62.1 Å². The summed E-state index contributed by atoms with van der Waals surface area (Å²) < 4.78 is 16.7. The number of para-hydroxylation sites is 1. The number of allylic oxidation sites excluding steroid dienone is 2. The van der Waals surface area contributed by atoms with Gasteiger partial charge in [0.25, 0.3) is 0 Å². The van der Waals surface area contributed by atoms with Crippen LogP contribution < -0.4 is 20.1 Å². The smallest absolute Gasteiger partial charge is 0.341 e. The number of nitrogens with two attached hydrogens (primary N) is 1. The van der Waals surface area contributed by atoms with Crippen molar-refractivity contribution in [1.29, 1.82) is 0 Å². The Hall–Kier alpha value is -3.52. The number of hydrogen-bond donors (Lipinski definition) is 1. The van der Waals surface area contributed by atoms with Crippen LogP contribution in [0.2, 0.25) is 5.02 Å². The monoisotopic (exact) mass is 570 g/mol. The molecule has 1 heterocycles. The van der Waals surface area contributed by atoms with Crippen molar-refractivity contribution in [2.24, 2.45) is 5.73 Å². The largest absolute Gasteiger partial charge is 0.496 e. The normalized spacial score (nSPS) is 13.4. The van der Waals surface area contributed by atoms with E-state index in [9.17, 15) is 14.4 Å². The highest BCUT2D eigenvalue weighted by molar-refractivity contribution is 6.32. The second kappa shape index (κ2) is 14.2. The molecule has 2 amide bonds. The van der Waals surface area contributed by atoms with Gasteiger partial charge in [-0.3, -0.25) is 9.69 Å². The summed E-state index contributed by atoms with van der Waals surface area (Å²) in [6, 6.07) is 6.01. The van der Waals surface area contributed by atoms with Crippen molar-refractivity contribution in [2.75, 3.05) is 12.0 Å². The molecule has 2 aromatic rings. The zero-order valence-corrected chi connectivity index (χ0v) is 24.7. The van der Waals surface area contributed by atoms with Gasteiger partial charge in [0.1, 0.15) is 18.1 Å². The fraction of sp³-hybridized carbons (Fsp3) is 0.452. The molecule has 2 aromatic carbocycles. The molecule has 216 valence electrons. The van der Waals surface area contributed by atoms with Crippen molar-refractivity contribution in [1.82, 2.24) is 0 Å². The van der Waals surface area contributed by atoms with E-state index in [-0.39, 0.29) is 19.1 Å². The maximum atomic E-state index is 13.0. The quantitative estimate of drug-likeness (QED) is 0.157. The molecule has 0 saturated carbocycles. The molecule has 0 fully saturated rings. The Morgan fingerprint density at radius 1 is 1.23 bits per heavy atom. The molecule has 3 rings (SSSR count). The molecular weight excluding hydrogens is 532 g/mol. The molecule has 0 aromatic heterocycles. The Balaban J connectivity index is 1.97. The topological polar surface area (TPSA) is 108 Å². The zero-order chi connectivity index (χ0) is 29.4. The molecule has 0 bridgehead atoms. The number of rotatable bonds is 13. The van der Waals surface area contributed by atoms with Crippen LogP contribution in [-0.4, -0.2) is 31.1 Å². The third kappa shape index (κ3) is 6.97. The molecule has 9 heteroatoms. The minimum atomic E-state index is -0.625. The molecule has 1 aliphatic heterocycles. The number of methoxy groups -OCH3 is 1. The summed E-state index contributed by atoms with van der Waals surface area (Å²) in [6.45, 7) is 8.02. The van der Waals surface area contributed by atoms with E-state index in [2.05, 4.69) is 6.92 Å². The first-order valence-electron chi connectivity index (χ1n) is 13.7. The van der Waals surface area contributed by atoms with Crippen molar-refractivity contribution in [2.45, 2.75) is 85.3 Å². The molecule has 0 radical (unpaired) electrons. The molecule has 8 nitrogen and oxygen atoms in total. The van der Waals surface area contributed by atoms with Crippen LogP contribution in [0.5, 0.6) is 11.5 Å². The Bertz CT molecular complexity index is 1290. The van der Waals surface area contributed by atoms with Gasteiger partial charge in [-0.15, -0.1) is 0 Å². The van der Waals surface area contributed by atoms with Crippen molar-refractivity contribution in [3.8, 4) is 11.5 Å². The van der Waals surface area contributed by atoms with Gasteiger partial charge in [-0.25, -0.2) is 9.59 Å². The first-order chi connectivity index (χ1) is 19.1. The van der Waals surface area contributed by atoms with Gasteiger partial charge in [0.15, 0.2) is 0 Å². The first-order valence-corrected chi connectivity index (χ1v) is 14.1. The van der Waals surface area contributed by atoms with E-state index in [1.807, 2.05) is 26.8 Å². The van der Waals surface area contributed by atoms with E-state index in [1.165, 1.54) is 0 Å². The lowest BCUT2D eigenvalue weighted by molar-refractivity contribution is -0.134. The summed E-state index contributed by atoms with van der Waals surface area (Å²) >= 11 is 6.09. The van der Waals surface area contributed by atoms with E-state index in [4.69, 9.17) is 31.5 Å². The van der Waals surface area contributed by atoms with Gasteiger partial charge in [0, 0.05) is 23.6 Å². The molecule has 1 unspecified atom stereocenters. The van der Waals surface area contributed by atoms with Crippen LogP contribution in [0, 0.1) is 6.92 Å². The first kappa shape index (κ1) is 31.0. The second-order valence-corrected chi connectivity index (χ2v) is 10.4. The van der Waals surface area contributed by atoms with Crippen molar-refractivity contribution >= 4 is 35.3 Å². The molecule has 0 saturated heterocycles. The summed E-state index contributed by atoms with van der Waals surface area (Å²) in [7, 11) is 1.57. The van der Waals surface area contributed by atoms with Crippen LogP contribution in [-0.2, 0) is 22.6 Å². The second-order valence-electron chi connectivity index (χ2n) is 9.99. The number of fused-ring (bicyclic) bond motifs is 1. The summed E-state index contributed by atoms with van der Waals surface area (Å²) in [6.07, 6.45) is 6.25. The van der Waals surface area contributed by atoms with Gasteiger partial charge in [-0.05, 0) is 57.2 Å². The maximum absolute atomic E-state index is 13.0. The Kier molecular flexibility index (Phi) is 11.0. The van der Waals surface area contributed by atoms with Gasteiger partial charge in [-0.2, -0.15) is 0 Å². The fourth-order valence-electron chi connectivity index (χ4n) is 5.10. The SMILES string of the molecule is CCCCC(CC)N(C(N)=O)c1c(C/C=C(\C)CCC(=O)Oc2ccccc2Cl)c(OC)c(C)c2c1C(=O)OC2. The van der Waals surface area contributed by atoms with E-state index in [0.29, 0.717) is 58.2 Å². The maximum Gasteiger partial charge on any atom is 0.341 e. The number of urea groups is 1. The van der Waals surface area contributed by atoms with E-state index in [1.54, 1.807) is 36.3 Å². The number of nitrogens with zero attached hydrogens (tertiary/aromatic N) is 1. The van der Waals surface area contributed by atoms with E-state index < -0.39 is 18.0 Å². The summed E-state index contributed by atoms with van der Waals surface area (Å²) in [5, 5.41) is 0.372. The highest BCUT2D eigenvalue weighted by atomic mass is 35.5. The minimum Gasteiger partial charge on any atom is -0.496 e. The summed E-state index contributed by atoms with van der Waals surface area (Å²) in [5.41, 5.74) is 9.94.